The third kappa shape index (κ3) is 7.66. The molecule has 0 radical (unpaired) electrons. The second kappa shape index (κ2) is 10.7. The van der Waals surface area contributed by atoms with Crippen molar-refractivity contribution in [3.05, 3.63) is 0 Å². The summed E-state index contributed by atoms with van der Waals surface area (Å²) in [4.78, 5) is 29.2. The average Bonchev–Trinajstić information content (AvgIpc) is 3.01. The van der Waals surface area contributed by atoms with Gasteiger partial charge in [-0.25, -0.2) is 4.79 Å². The van der Waals surface area contributed by atoms with Gasteiger partial charge in [-0.2, -0.15) is 0 Å². The zero-order valence-corrected chi connectivity index (χ0v) is 17.0. The van der Waals surface area contributed by atoms with E-state index in [9.17, 15) is 9.59 Å². The molecule has 0 spiro atoms. The maximum absolute atomic E-state index is 13.1. The minimum Gasteiger partial charge on any atom is -0.444 e. The number of hydrogen-bond donors (Lipinski definition) is 0. The lowest BCUT2D eigenvalue weighted by atomic mass is 10.1. The fourth-order valence-electron chi connectivity index (χ4n) is 3.21. The van der Waals surface area contributed by atoms with Crippen LogP contribution in [0.15, 0.2) is 0 Å². The Balaban J connectivity index is 2.73. The maximum atomic E-state index is 13.1. The molecule has 0 aromatic heterocycles. The molecule has 0 unspecified atom stereocenters. The summed E-state index contributed by atoms with van der Waals surface area (Å²) in [5, 5.41) is 0. The molecule has 1 heterocycles. The lowest BCUT2D eigenvalue weighted by molar-refractivity contribution is -0.136. The average molecular weight is 355 g/mol. The highest BCUT2D eigenvalue weighted by Crippen LogP contribution is 2.23. The summed E-state index contributed by atoms with van der Waals surface area (Å²) in [6, 6.07) is -0.349. The Hall–Kier alpha value is -1.26. The van der Waals surface area contributed by atoms with Gasteiger partial charge in [0, 0.05) is 19.6 Å². The van der Waals surface area contributed by atoms with Crippen LogP contribution in [-0.2, 0) is 9.53 Å². The first-order valence-corrected chi connectivity index (χ1v) is 10.1. The molecule has 0 N–H and O–H groups in total. The maximum Gasteiger partial charge on any atom is 0.410 e. The van der Waals surface area contributed by atoms with E-state index >= 15 is 0 Å². The van der Waals surface area contributed by atoms with Gasteiger partial charge >= 0.3 is 6.09 Å². The first-order chi connectivity index (χ1) is 11.8. The van der Waals surface area contributed by atoms with E-state index in [0.717, 1.165) is 64.5 Å². The van der Waals surface area contributed by atoms with Crippen LogP contribution in [0.1, 0.15) is 86.0 Å². The van der Waals surface area contributed by atoms with Crippen LogP contribution in [0.4, 0.5) is 4.79 Å². The highest BCUT2D eigenvalue weighted by molar-refractivity contribution is 5.86. The number of carbonyl (C=O) groups is 2. The van der Waals surface area contributed by atoms with Crippen LogP contribution < -0.4 is 0 Å². The lowest BCUT2D eigenvalue weighted by Crippen LogP contribution is -2.49. The zero-order valence-electron chi connectivity index (χ0n) is 17.0. The van der Waals surface area contributed by atoms with E-state index in [1.54, 1.807) is 4.90 Å². The molecule has 0 aliphatic carbocycles. The molecule has 0 aromatic rings. The molecule has 2 amide bonds. The van der Waals surface area contributed by atoms with E-state index < -0.39 is 5.60 Å². The van der Waals surface area contributed by atoms with Crippen LogP contribution >= 0.6 is 0 Å². The fraction of sp³-hybridized carbons (Fsp3) is 0.900. The lowest BCUT2D eigenvalue weighted by Gasteiger charge is -2.32. The van der Waals surface area contributed by atoms with E-state index in [2.05, 4.69) is 13.8 Å². The van der Waals surface area contributed by atoms with Crippen molar-refractivity contribution in [1.29, 1.82) is 0 Å². The summed E-state index contributed by atoms with van der Waals surface area (Å²) in [5.74, 6) is 0.107. The highest BCUT2D eigenvalue weighted by Gasteiger charge is 2.38. The second-order valence-corrected chi connectivity index (χ2v) is 8.07. The summed E-state index contributed by atoms with van der Waals surface area (Å²) < 4.78 is 5.50. The van der Waals surface area contributed by atoms with Crippen LogP contribution in [0.25, 0.3) is 0 Å². The number of nitrogens with zero attached hydrogens (tertiary/aromatic N) is 2. The van der Waals surface area contributed by atoms with Crippen LogP contribution in [0.3, 0.4) is 0 Å². The molecule has 25 heavy (non-hydrogen) atoms. The van der Waals surface area contributed by atoms with Crippen LogP contribution in [0.5, 0.6) is 0 Å². The molecular weight excluding hydrogens is 316 g/mol. The predicted molar refractivity (Wildman–Crippen MR) is 102 cm³/mol. The number of rotatable bonds is 9. The molecule has 1 fully saturated rings. The van der Waals surface area contributed by atoms with Gasteiger partial charge in [-0.15, -0.1) is 0 Å². The summed E-state index contributed by atoms with van der Waals surface area (Å²) in [7, 11) is 0. The van der Waals surface area contributed by atoms with Gasteiger partial charge in [0.05, 0.1) is 0 Å². The van der Waals surface area contributed by atoms with Gasteiger partial charge in [-0.3, -0.25) is 9.69 Å². The normalized spacial score (nSPS) is 17.6. The first kappa shape index (κ1) is 21.8. The summed E-state index contributed by atoms with van der Waals surface area (Å²) >= 11 is 0. The van der Waals surface area contributed by atoms with Crippen molar-refractivity contribution in [3.8, 4) is 0 Å². The Morgan fingerprint density at radius 2 is 1.60 bits per heavy atom. The second-order valence-electron chi connectivity index (χ2n) is 8.07. The number of hydrogen-bond acceptors (Lipinski definition) is 3. The predicted octanol–water partition coefficient (Wildman–Crippen LogP) is 4.59. The van der Waals surface area contributed by atoms with E-state index in [1.165, 1.54) is 0 Å². The number of likely N-dealkylation sites (tertiary alicyclic amines) is 1. The van der Waals surface area contributed by atoms with Crippen molar-refractivity contribution >= 4 is 12.0 Å². The number of unbranched alkanes of at least 4 members (excludes halogenated alkanes) is 4. The molecule has 1 aliphatic heterocycles. The molecular formula is C20H38N2O3. The van der Waals surface area contributed by atoms with Gasteiger partial charge in [0.15, 0.2) is 0 Å². The minimum atomic E-state index is -0.533. The van der Waals surface area contributed by atoms with Crippen LogP contribution in [0, 0.1) is 0 Å². The summed E-state index contributed by atoms with van der Waals surface area (Å²) in [5.41, 5.74) is -0.533. The van der Waals surface area contributed by atoms with Crippen molar-refractivity contribution in [2.24, 2.45) is 0 Å². The van der Waals surface area contributed by atoms with E-state index in [4.69, 9.17) is 4.74 Å². The quantitative estimate of drug-likeness (QED) is 0.569. The van der Waals surface area contributed by atoms with Gasteiger partial charge in [-0.05, 0) is 46.5 Å². The van der Waals surface area contributed by atoms with Gasteiger partial charge in [0.1, 0.15) is 11.6 Å². The molecule has 5 nitrogen and oxygen atoms in total. The minimum absolute atomic E-state index is 0.107. The van der Waals surface area contributed by atoms with Gasteiger partial charge in [0.25, 0.3) is 0 Å². The molecule has 5 heteroatoms. The Morgan fingerprint density at radius 3 is 2.08 bits per heavy atom. The molecule has 0 aromatic carbocycles. The number of ether oxygens (including phenoxy) is 1. The van der Waals surface area contributed by atoms with Gasteiger partial charge in [-0.1, -0.05) is 39.5 Å². The summed E-state index contributed by atoms with van der Waals surface area (Å²) in [6.07, 6.45) is 7.89. The van der Waals surface area contributed by atoms with Crippen molar-refractivity contribution < 1.29 is 14.3 Å². The Bertz CT molecular complexity index is 408. The zero-order chi connectivity index (χ0) is 18.9. The largest absolute Gasteiger partial charge is 0.444 e. The topological polar surface area (TPSA) is 49.9 Å². The molecule has 1 aliphatic rings. The van der Waals surface area contributed by atoms with Gasteiger partial charge in [0.2, 0.25) is 5.91 Å². The third-order valence-electron chi connectivity index (χ3n) is 4.54. The van der Waals surface area contributed by atoms with Crippen molar-refractivity contribution in [2.75, 3.05) is 19.6 Å². The van der Waals surface area contributed by atoms with Crippen LogP contribution in [0.2, 0.25) is 0 Å². The highest BCUT2D eigenvalue weighted by atomic mass is 16.6. The Morgan fingerprint density at radius 1 is 1.04 bits per heavy atom. The molecule has 146 valence electrons. The van der Waals surface area contributed by atoms with Crippen molar-refractivity contribution in [1.82, 2.24) is 9.80 Å². The first-order valence-electron chi connectivity index (χ1n) is 10.1. The smallest absolute Gasteiger partial charge is 0.410 e. The summed E-state index contributed by atoms with van der Waals surface area (Å²) in [6.45, 7) is 12.1. The Kier molecular flexibility index (Phi) is 9.30. The SMILES string of the molecule is CCCCCN(CCCCC)C(=O)[C@H]1CCCN1C(=O)OC(C)(C)C. The van der Waals surface area contributed by atoms with Crippen molar-refractivity contribution in [3.63, 3.8) is 0 Å². The number of carbonyl (C=O) groups excluding carboxylic acids is 2. The standard InChI is InChI=1S/C20H38N2O3/c1-6-8-10-14-21(15-11-9-7-2)18(23)17-13-12-16-22(17)19(24)25-20(3,4)5/h17H,6-16H2,1-5H3/t17-/m1/s1. The van der Waals surface area contributed by atoms with E-state index in [0.29, 0.717) is 6.54 Å². The monoisotopic (exact) mass is 354 g/mol. The van der Waals surface area contributed by atoms with Crippen LogP contribution in [-0.4, -0.2) is 53.1 Å². The van der Waals surface area contributed by atoms with Gasteiger partial charge < -0.3 is 9.64 Å². The number of amides is 2. The molecule has 1 atom stereocenters. The van der Waals surface area contributed by atoms with E-state index in [-0.39, 0.29) is 18.0 Å². The van der Waals surface area contributed by atoms with Crippen molar-refractivity contribution in [2.45, 2.75) is 97.6 Å². The molecule has 0 saturated carbocycles. The molecule has 0 bridgehead atoms. The molecule has 1 saturated heterocycles. The van der Waals surface area contributed by atoms with E-state index in [1.807, 2.05) is 25.7 Å². The molecule has 1 rings (SSSR count). The fourth-order valence-corrected chi connectivity index (χ4v) is 3.21. The Labute approximate surface area is 154 Å². The third-order valence-corrected chi connectivity index (χ3v) is 4.54.